The van der Waals surface area contributed by atoms with Crippen LogP contribution in [0.1, 0.15) is 43.0 Å². The number of hydrogen-bond acceptors (Lipinski definition) is 11. The van der Waals surface area contributed by atoms with Crippen molar-refractivity contribution in [2.45, 2.75) is 30.7 Å². The van der Waals surface area contributed by atoms with Gasteiger partial charge in [-0.15, -0.1) is 10.2 Å². The van der Waals surface area contributed by atoms with Gasteiger partial charge < -0.3 is 24.1 Å². The maximum Gasteiger partial charge on any atom is 0.338 e. The summed E-state index contributed by atoms with van der Waals surface area (Å²) < 4.78 is 22.8. The standard InChI is InChI=1S/C27H22N4O8/c32-24(16-10-4-1-5-11-16)36-19-20(37-25(33)17-12-6-2-7-13-17)22(39-26(34)18-14-8-3-9-15-18)27(35)38-21(19)23-28-30-31-29-23/h1-15,19-22,27,35H,(H,28,29,30,31)/t19-,20-,21?,22+,27+/m0/s1. The Morgan fingerprint density at radius 2 is 1.10 bits per heavy atom. The summed E-state index contributed by atoms with van der Waals surface area (Å²) in [5.41, 5.74) is 0.549. The first-order valence-electron chi connectivity index (χ1n) is 11.9. The highest BCUT2D eigenvalue weighted by atomic mass is 16.7. The van der Waals surface area contributed by atoms with Gasteiger partial charge in [0.25, 0.3) is 0 Å². The number of benzene rings is 3. The highest BCUT2D eigenvalue weighted by Crippen LogP contribution is 2.36. The number of carbonyl (C=O) groups excluding carboxylic acids is 3. The van der Waals surface area contributed by atoms with E-state index in [2.05, 4.69) is 20.6 Å². The molecule has 3 aromatic carbocycles. The second-order valence-electron chi connectivity index (χ2n) is 8.43. The molecule has 4 aromatic rings. The molecule has 2 N–H and O–H groups in total. The molecule has 1 aromatic heterocycles. The maximum atomic E-state index is 13.1. The number of aliphatic hydroxyl groups excluding tert-OH is 1. The minimum absolute atomic E-state index is 0.0893. The number of ether oxygens (including phenoxy) is 4. The zero-order chi connectivity index (χ0) is 27.2. The predicted molar refractivity (Wildman–Crippen MR) is 131 cm³/mol. The number of rotatable bonds is 7. The Bertz CT molecular complexity index is 1400. The number of H-pyrrole nitrogens is 1. The van der Waals surface area contributed by atoms with E-state index >= 15 is 0 Å². The van der Waals surface area contributed by atoms with Gasteiger partial charge in [0.1, 0.15) is 0 Å². The number of aromatic amines is 1. The van der Waals surface area contributed by atoms with Gasteiger partial charge in [0.05, 0.1) is 16.7 Å². The average Bonchev–Trinajstić information content (AvgIpc) is 3.52. The van der Waals surface area contributed by atoms with E-state index in [-0.39, 0.29) is 22.5 Å². The summed E-state index contributed by atoms with van der Waals surface area (Å²) in [7, 11) is 0. The molecule has 1 aliphatic rings. The third-order valence-electron chi connectivity index (χ3n) is 5.89. The zero-order valence-electron chi connectivity index (χ0n) is 20.2. The Morgan fingerprint density at radius 1 is 0.667 bits per heavy atom. The van der Waals surface area contributed by atoms with Gasteiger partial charge in [0.15, 0.2) is 30.7 Å². The molecule has 5 rings (SSSR count). The largest absolute Gasteiger partial charge is 0.451 e. The van der Waals surface area contributed by atoms with Gasteiger partial charge in [-0.3, -0.25) is 0 Å². The molecule has 1 aliphatic heterocycles. The van der Waals surface area contributed by atoms with Gasteiger partial charge in [-0.2, -0.15) is 5.21 Å². The Morgan fingerprint density at radius 3 is 1.54 bits per heavy atom. The van der Waals surface area contributed by atoms with Crippen LogP contribution < -0.4 is 0 Å². The lowest BCUT2D eigenvalue weighted by molar-refractivity contribution is -0.283. The normalized spacial score (nSPS) is 22.4. The van der Waals surface area contributed by atoms with Crippen molar-refractivity contribution in [1.82, 2.24) is 20.6 Å². The minimum atomic E-state index is -1.82. The monoisotopic (exact) mass is 530 g/mol. The Kier molecular flexibility index (Phi) is 7.66. The van der Waals surface area contributed by atoms with Gasteiger partial charge in [-0.1, -0.05) is 59.8 Å². The molecule has 0 aliphatic carbocycles. The SMILES string of the molecule is O=C(O[C@@H]1[C@@H](OC(=O)c2ccccc2)[C@H](OC(=O)c2ccccc2)C(c2nn[nH]n2)O[C@H]1O)c1ccccc1. The summed E-state index contributed by atoms with van der Waals surface area (Å²) in [4.78, 5) is 39.2. The van der Waals surface area contributed by atoms with Crippen molar-refractivity contribution < 1.29 is 38.4 Å². The molecule has 1 saturated heterocycles. The van der Waals surface area contributed by atoms with Crippen LogP contribution in [0.4, 0.5) is 0 Å². The van der Waals surface area contributed by atoms with Gasteiger partial charge in [0.2, 0.25) is 5.82 Å². The first kappa shape index (κ1) is 25.7. The van der Waals surface area contributed by atoms with E-state index in [1.807, 2.05) is 0 Å². The van der Waals surface area contributed by atoms with Crippen LogP contribution in [0.3, 0.4) is 0 Å². The quantitative estimate of drug-likeness (QED) is 0.266. The molecule has 1 fully saturated rings. The molecule has 0 radical (unpaired) electrons. The van der Waals surface area contributed by atoms with Crippen molar-refractivity contribution in [3.63, 3.8) is 0 Å². The number of esters is 3. The zero-order valence-corrected chi connectivity index (χ0v) is 20.2. The second kappa shape index (κ2) is 11.6. The van der Waals surface area contributed by atoms with Gasteiger partial charge >= 0.3 is 17.9 Å². The molecule has 0 bridgehead atoms. The Hall–Kier alpha value is -4.94. The molecule has 5 atom stereocenters. The minimum Gasteiger partial charge on any atom is -0.451 e. The van der Waals surface area contributed by atoms with Crippen molar-refractivity contribution in [1.29, 1.82) is 0 Å². The summed E-state index contributed by atoms with van der Waals surface area (Å²) in [5, 5.41) is 24.5. The number of nitrogens with one attached hydrogen (secondary N) is 1. The Balaban J connectivity index is 1.52. The summed E-state index contributed by atoms with van der Waals surface area (Å²) in [6.07, 6.45) is -7.75. The third-order valence-corrected chi connectivity index (χ3v) is 5.89. The number of tetrazole rings is 1. The van der Waals surface area contributed by atoms with Crippen molar-refractivity contribution in [3.05, 3.63) is 114 Å². The lowest BCUT2D eigenvalue weighted by Crippen LogP contribution is -2.58. The summed E-state index contributed by atoms with van der Waals surface area (Å²) in [5.74, 6) is -2.52. The number of nitrogens with zero attached hydrogens (tertiary/aromatic N) is 3. The van der Waals surface area contributed by atoms with Crippen molar-refractivity contribution in [2.75, 3.05) is 0 Å². The number of aromatic nitrogens is 4. The summed E-state index contributed by atoms with van der Waals surface area (Å²) in [6.45, 7) is 0. The van der Waals surface area contributed by atoms with Crippen molar-refractivity contribution in [3.8, 4) is 0 Å². The van der Waals surface area contributed by atoms with E-state index in [9.17, 15) is 19.5 Å². The fourth-order valence-corrected chi connectivity index (χ4v) is 4.01. The molecule has 2 heterocycles. The first-order valence-corrected chi connectivity index (χ1v) is 11.9. The average molecular weight is 530 g/mol. The van der Waals surface area contributed by atoms with Gasteiger partial charge in [0, 0.05) is 0 Å². The first-order chi connectivity index (χ1) is 19.0. The van der Waals surface area contributed by atoms with Crippen LogP contribution in [-0.2, 0) is 18.9 Å². The lowest BCUT2D eigenvalue weighted by Gasteiger charge is -2.42. The molecule has 0 saturated carbocycles. The summed E-state index contributed by atoms with van der Waals surface area (Å²) in [6, 6.07) is 24.1. The van der Waals surface area contributed by atoms with E-state index in [1.165, 1.54) is 36.4 Å². The van der Waals surface area contributed by atoms with E-state index in [0.29, 0.717) is 0 Å². The van der Waals surface area contributed by atoms with E-state index in [4.69, 9.17) is 18.9 Å². The molecule has 0 spiro atoms. The van der Waals surface area contributed by atoms with Crippen LogP contribution in [0.5, 0.6) is 0 Å². The molecule has 1 unspecified atom stereocenters. The fourth-order valence-electron chi connectivity index (χ4n) is 4.01. The number of carbonyl (C=O) groups is 3. The molecule has 12 heteroatoms. The van der Waals surface area contributed by atoms with Crippen LogP contribution in [0.15, 0.2) is 91.0 Å². The molecular formula is C27H22N4O8. The van der Waals surface area contributed by atoms with Crippen molar-refractivity contribution in [2.24, 2.45) is 0 Å². The van der Waals surface area contributed by atoms with Crippen LogP contribution >= 0.6 is 0 Å². The number of hydrogen-bond donors (Lipinski definition) is 2. The van der Waals surface area contributed by atoms with E-state index in [1.54, 1.807) is 54.6 Å². The van der Waals surface area contributed by atoms with Crippen LogP contribution in [-0.4, -0.2) is 68.2 Å². The lowest BCUT2D eigenvalue weighted by atomic mass is 9.97. The predicted octanol–water partition coefficient (Wildman–Crippen LogP) is 2.27. The molecule has 12 nitrogen and oxygen atoms in total. The highest BCUT2D eigenvalue weighted by molar-refractivity contribution is 5.91. The van der Waals surface area contributed by atoms with Crippen LogP contribution in [0, 0.1) is 0 Å². The van der Waals surface area contributed by atoms with E-state index in [0.717, 1.165) is 0 Å². The van der Waals surface area contributed by atoms with Crippen molar-refractivity contribution >= 4 is 17.9 Å². The third kappa shape index (κ3) is 5.81. The fraction of sp³-hybridized carbons (Fsp3) is 0.185. The maximum absolute atomic E-state index is 13.1. The van der Waals surface area contributed by atoms with Gasteiger partial charge in [-0.05, 0) is 36.4 Å². The van der Waals surface area contributed by atoms with Crippen LogP contribution in [0.25, 0.3) is 0 Å². The van der Waals surface area contributed by atoms with Crippen LogP contribution in [0.2, 0.25) is 0 Å². The second-order valence-corrected chi connectivity index (χ2v) is 8.43. The van der Waals surface area contributed by atoms with E-state index < -0.39 is 48.6 Å². The molecular weight excluding hydrogens is 508 g/mol. The molecule has 39 heavy (non-hydrogen) atoms. The molecule has 198 valence electrons. The smallest absolute Gasteiger partial charge is 0.338 e. The number of aliphatic hydroxyl groups is 1. The highest BCUT2D eigenvalue weighted by Gasteiger charge is 2.54. The topological polar surface area (TPSA) is 163 Å². The summed E-state index contributed by atoms with van der Waals surface area (Å²) >= 11 is 0. The molecule has 0 amide bonds. The Labute approximate surface area is 221 Å². The van der Waals surface area contributed by atoms with Gasteiger partial charge in [-0.25, -0.2) is 14.4 Å².